The Labute approximate surface area is 84.7 Å². The van der Waals surface area contributed by atoms with Gasteiger partial charge in [0.25, 0.3) is 0 Å². The fourth-order valence-electron chi connectivity index (χ4n) is 0. The predicted octanol–water partition coefficient (Wildman–Crippen LogP) is -4.59. The van der Waals surface area contributed by atoms with Crippen LogP contribution in [-0.4, -0.2) is 23.4 Å². The molecule has 0 amide bonds. The van der Waals surface area contributed by atoms with Gasteiger partial charge in [0.05, 0.1) is 0 Å². The third kappa shape index (κ3) is 15.6. The summed E-state index contributed by atoms with van der Waals surface area (Å²) >= 11 is 0. The van der Waals surface area contributed by atoms with Crippen LogP contribution in [0.15, 0.2) is 0 Å². The van der Waals surface area contributed by atoms with Gasteiger partial charge in [0.1, 0.15) is 0 Å². The van der Waals surface area contributed by atoms with E-state index in [2.05, 4.69) is 4.63 Å². The molecule has 0 aliphatic carbocycles. The van der Waals surface area contributed by atoms with E-state index in [0.29, 0.717) is 0 Å². The van der Waals surface area contributed by atoms with E-state index >= 15 is 0 Å². The molecule has 0 aromatic heterocycles. The van der Waals surface area contributed by atoms with E-state index in [1.54, 1.807) is 0 Å². The Morgan fingerprint density at radius 3 is 1.50 bits per heavy atom. The minimum absolute atomic E-state index is 0. The third-order valence-electron chi connectivity index (χ3n) is 0.104. The van der Waals surface area contributed by atoms with E-state index in [4.69, 9.17) is 14.4 Å². The maximum atomic E-state index is 10.3. The molecular formula is H4FNaO4SiTi. The van der Waals surface area contributed by atoms with E-state index < -0.39 is 9.05 Å². The van der Waals surface area contributed by atoms with Gasteiger partial charge < -0.3 is 15.8 Å². The van der Waals surface area contributed by atoms with E-state index in [1.165, 1.54) is 0 Å². The SMILES string of the molecule is O[Si](O)(O)OF.[H-].[Na+].[Ti]. The summed E-state index contributed by atoms with van der Waals surface area (Å²) in [5.74, 6) is 0. The fraction of sp³-hybridized carbons (Fsp3) is 0. The van der Waals surface area contributed by atoms with Crippen molar-refractivity contribution in [2.45, 2.75) is 0 Å². The molecule has 0 saturated heterocycles. The summed E-state index contributed by atoms with van der Waals surface area (Å²) in [5, 5.41) is 0. The van der Waals surface area contributed by atoms with Crippen molar-refractivity contribution in [3.8, 4) is 0 Å². The molecule has 0 aliphatic heterocycles. The van der Waals surface area contributed by atoms with E-state index in [1.807, 2.05) is 0 Å². The van der Waals surface area contributed by atoms with Gasteiger partial charge in [-0.15, -0.1) is 0 Å². The molecule has 0 rings (SSSR count). The van der Waals surface area contributed by atoms with Crippen LogP contribution in [0.4, 0.5) is 4.53 Å². The quantitative estimate of drug-likeness (QED) is 0.360. The Morgan fingerprint density at radius 2 is 1.50 bits per heavy atom. The van der Waals surface area contributed by atoms with Crippen LogP contribution in [0.5, 0.6) is 0 Å². The maximum Gasteiger partial charge on any atom is 1.00 e. The van der Waals surface area contributed by atoms with Crippen molar-refractivity contribution < 1.29 is 76.2 Å². The summed E-state index contributed by atoms with van der Waals surface area (Å²) in [6.07, 6.45) is 0. The van der Waals surface area contributed by atoms with Gasteiger partial charge in [-0.3, -0.25) is 0 Å². The molecule has 0 aromatic carbocycles. The normalized spacial score (nSPS) is 9.00. The molecule has 0 saturated carbocycles. The zero-order chi connectivity index (χ0) is 5.21. The van der Waals surface area contributed by atoms with Crippen molar-refractivity contribution >= 4 is 9.05 Å². The van der Waals surface area contributed by atoms with Crippen LogP contribution >= 0.6 is 0 Å². The average molecular weight is 186 g/mol. The summed E-state index contributed by atoms with van der Waals surface area (Å²) < 4.78 is 12.6. The first-order valence-electron chi connectivity index (χ1n) is 1.03. The van der Waals surface area contributed by atoms with Crippen molar-refractivity contribution in [1.82, 2.24) is 0 Å². The first-order chi connectivity index (χ1) is 2.56. The van der Waals surface area contributed by atoms with Gasteiger partial charge in [0.2, 0.25) is 0 Å². The Morgan fingerprint density at radius 1 is 1.38 bits per heavy atom. The molecule has 0 radical (unpaired) electrons. The van der Waals surface area contributed by atoms with Gasteiger partial charge in [0, 0.05) is 21.7 Å². The fourth-order valence-corrected chi connectivity index (χ4v) is 0. The van der Waals surface area contributed by atoms with E-state index in [9.17, 15) is 4.53 Å². The topological polar surface area (TPSA) is 69.9 Å². The Hall–Kier alpha value is 1.70. The van der Waals surface area contributed by atoms with Gasteiger partial charge in [-0.2, -0.15) is 4.63 Å². The largest absolute Gasteiger partial charge is 1.00 e. The zero-order valence-corrected chi connectivity index (χ0v) is 8.69. The second kappa shape index (κ2) is 6.82. The minimum atomic E-state index is -4.80. The van der Waals surface area contributed by atoms with Crippen LogP contribution in [0.25, 0.3) is 0 Å². The number of halogens is 1. The molecule has 0 heterocycles. The molecule has 8 heavy (non-hydrogen) atoms. The molecule has 44 valence electrons. The van der Waals surface area contributed by atoms with Crippen molar-refractivity contribution in [3.05, 3.63) is 0 Å². The van der Waals surface area contributed by atoms with Gasteiger partial charge in [-0.25, -0.2) is 0 Å². The van der Waals surface area contributed by atoms with Gasteiger partial charge in [-0.1, -0.05) is 4.53 Å². The van der Waals surface area contributed by atoms with Crippen molar-refractivity contribution in [3.63, 3.8) is 0 Å². The van der Waals surface area contributed by atoms with Crippen molar-refractivity contribution in [1.29, 1.82) is 0 Å². The average Bonchev–Trinajstić information content (AvgIpc) is 1.35. The van der Waals surface area contributed by atoms with Crippen LogP contribution in [-0.2, 0) is 26.3 Å². The first-order valence-corrected chi connectivity index (χ1v) is 2.78. The van der Waals surface area contributed by atoms with Crippen molar-refractivity contribution in [2.75, 3.05) is 0 Å². The van der Waals surface area contributed by atoms with Gasteiger partial charge in [0.15, 0.2) is 0 Å². The molecule has 0 spiro atoms. The van der Waals surface area contributed by atoms with Crippen LogP contribution in [0.1, 0.15) is 1.43 Å². The Kier molecular flexibility index (Phi) is 13.9. The smallest absolute Gasteiger partial charge is 1.00 e. The first kappa shape index (κ1) is 16.4. The van der Waals surface area contributed by atoms with Crippen LogP contribution in [0.3, 0.4) is 0 Å². The molecule has 0 aliphatic rings. The number of hydrogen-bond acceptors (Lipinski definition) is 4. The summed E-state index contributed by atoms with van der Waals surface area (Å²) in [4.78, 5) is 22.4. The van der Waals surface area contributed by atoms with Crippen LogP contribution < -0.4 is 29.6 Å². The second-order valence-corrected chi connectivity index (χ2v) is 1.95. The van der Waals surface area contributed by atoms with Crippen molar-refractivity contribution in [2.24, 2.45) is 0 Å². The molecule has 0 bridgehead atoms. The standard InChI is InChI=1S/FH3O4Si.Na.Ti.H/c1-5-6(2,3)4;;;/h2-4H;;;/q;+1;;-1. The number of hydrogen-bond donors (Lipinski definition) is 3. The molecule has 8 heteroatoms. The Balaban J connectivity index is -0.0000000417. The number of rotatable bonds is 1. The second-order valence-electron chi connectivity index (χ2n) is 0.651. The molecule has 4 nitrogen and oxygen atoms in total. The maximum absolute atomic E-state index is 10.3. The molecule has 0 unspecified atom stereocenters. The predicted molar refractivity (Wildman–Crippen MR) is 15.7 cm³/mol. The van der Waals surface area contributed by atoms with E-state index in [-0.39, 0.29) is 52.7 Å². The van der Waals surface area contributed by atoms with E-state index in [0.717, 1.165) is 0 Å². The minimum Gasteiger partial charge on any atom is -1.00 e. The molecule has 3 N–H and O–H groups in total. The van der Waals surface area contributed by atoms with Gasteiger partial charge in [-0.05, 0) is 0 Å². The Bertz CT molecular complexity index is 50.3. The monoisotopic (exact) mass is 186 g/mol. The summed E-state index contributed by atoms with van der Waals surface area (Å²) in [5.41, 5.74) is 0. The van der Waals surface area contributed by atoms with Crippen LogP contribution in [0, 0.1) is 0 Å². The molecule has 0 aromatic rings. The van der Waals surface area contributed by atoms with Crippen LogP contribution in [0.2, 0.25) is 0 Å². The summed E-state index contributed by atoms with van der Waals surface area (Å²) in [6, 6.07) is 0. The zero-order valence-electron chi connectivity index (χ0n) is 5.13. The molecule has 0 fully saturated rings. The molecular weight excluding hydrogens is 182 g/mol. The molecule has 0 atom stereocenters. The summed E-state index contributed by atoms with van der Waals surface area (Å²) in [7, 11) is -4.80. The van der Waals surface area contributed by atoms with Gasteiger partial charge >= 0.3 is 38.6 Å². The third-order valence-corrected chi connectivity index (χ3v) is 0.311. The summed E-state index contributed by atoms with van der Waals surface area (Å²) in [6.45, 7) is 0.